The van der Waals surface area contributed by atoms with Gasteiger partial charge in [0.05, 0.1) is 5.92 Å². The average molecular weight is 405 g/mol. The molecule has 156 valence electrons. The number of carbonyl (C=O) groups excluding carboxylic acids is 3. The third kappa shape index (κ3) is 4.94. The van der Waals surface area contributed by atoms with Crippen molar-refractivity contribution in [2.24, 2.45) is 0 Å². The van der Waals surface area contributed by atoms with Crippen LogP contribution in [0.25, 0.3) is 0 Å². The SMILES string of the molecule is O=C1CCC(c2cccc(NC(=O)c3ccc(CN4CCCCC4)cc3)c2)C(=O)N1. The highest BCUT2D eigenvalue weighted by atomic mass is 16.2. The Bertz CT molecular complexity index is 933. The molecule has 6 nitrogen and oxygen atoms in total. The maximum Gasteiger partial charge on any atom is 0.255 e. The maximum absolute atomic E-state index is 12.7. The molecule has 0 aliphatic carbocycles. The summed E-state index contributed by atoms with van der Waals surface area (Å²) in [4.78, 5) is 38.6. The van der Waals surface area contributed by atoms with E-state index < -0.39 is 0 Å². The molecule has 30 heavy (non-hydrogen) atoms. The van der Waals surface area contributed by atoms with Crippen molar-refractivity contribution in [3.05, 3.63) is 65.2 Å². The topological polar surface area (TPSA) is 78.5 Å². The molecule has 0 saturated carbocycles. The summed E-state index contributed by atoms with van der Waals surface area (Å²) in [5.74, 6) is -1.06. The molecule has 2 saturated heterocycles. The number of nitrogens with zero attached hydrogens (tertiary/aromatic N) is 1. The molecule has 6 heteroatoms. The van der Waals surface area contributed by atoms with Crippen molar-refractivity contribution >= 4 is 23.4 Å². The van der Waals surface area contributed by atoms with Gasteiger partial charge in [0.1, 0.15) is 0 Å². The van der Waals surface area contributed by atoms with E-state index in [1.807, 2.05) is 42.5 Å². The first-order valence-corrected chi connectivity index (χ1v) is 10.6. The van der Waals surface area contributed by atoms with E-state index in [4.69, 9.17) is 0 Å². The number of carbonyl (C=O) groups is 3. The lowest BCUT2D eigenvalue weighted by atomic mass is 9.90. The summed E-state index contributed by atoms with van der Waals surface area (Å²) in [5.41, 5.74) is 3.26. The van der Waals surface area contributed by atoms with E-state index in [2.05, 4.69) is 15.5 Å². The van der Waals surface area contributed by atoms with Gasteiger partial charge in [0.25, 0.3) is 5.91 Å². The van der Waals surface area contributed by atoms with Gasteiger partial charge in [-0.3, -0.25) is 24.6 Å². The van der Waals surface area contributed by atoms with Gasteiger partial charge in [0.2, 0.25) is 11.8 Å². The fourth-order valence-corrected chi connectivity index (χ4v) is 4.19. The summed E-state index contributed by atoms with van der Waals surface area (Å²) in [5, 5.41) is 5.29. The van der Waals surface area contributed by atoms with Crippen LogP contribution in [0.4, 0.5) is 5.69 Å². The number of benzene rings is 2. The van der Waals surface area contributed by atoms with Crippen molar-refractivity contribution in [1.29, 1.82) is 0 Å². The number of anilines is 1. The molecule has 0 radical (unpaired) electrons. The highest BCUT2D eigenvalue weighted by Gasteiger charge is 2.28. The van der Waals surface area contributed by atoms with Crippen LogP contribution in [0.2, 0.25) is 0 Å². The normalized spacial score (nSPS) is 19.9. The number of rotatable bonds is 5. The Morgan fingerprint density at radius 3 is 2.53 bits per heavy atom. The number of imide groups is 1. The van der Waals surface area contributed by atoms with Crippen LogP contribution in [0.3, 0.4) is 0 Å². The molecule has 2 aromatic carbocycles. The summed E-state index contributed by atoms with van der Waals surface area (Å²) in [7, 11) is 0. The van der Waals surface area contributed by atoms with Gasteiger partial charge in [-0.1, -0.05) is 30.7 Å². The van der Waals surface area contributed by atoms with Crippen molar-refractivity contribution in [1.82, 2.24) is 10.2 Å². The predicted octanol–water partition coefficient (Wildman–Crippen LogP) is 3.45. The zero-order chi connectivity index (χ0) is 20.9. The van der Waals surface area contributed by atoms with E-state index in [1.54, 1.807) is 6.07 Å². The van der Waals surface area contributed by atoms with Crippen LogP contribution in [0.15, 0.2) is 48.5 Å². The predicted molar refractivity (Wildman–Crippen MR) is 115 cm³/mol. The van der Waals surface area contributed by atoms with Crippen LogP contribution in [0.1, 0.15) is 59.5 Å². The number of hydrogen-bond acceptors (Lipinski definition) is 4. The van der Waals surface area contributed by atoms with Crippen LogP contribution >= 0.6 is 0 Å². The van der Waals surface area contributed by atoms with E-state index >= 15 is 0 Å². The fraction of sp³-hybridized carbons (Fsp3) is 0.375. The Morgan fingerprint density at radius 1 is 1.03 bits per heavy atom. The minimum atomic E-state index is -0.367. The summed E-state index contributed by atoms with van der Waals surface area (Å²) >= 11 is 0. The van der Waals surface area contributed by atoms with E-state index in [-0.39, 0.29) is 23.6 Å². The molecule has 1 atom stereocenters. The lowest BCUT2D eigenvalue weighted by Gasteiger charge is -2.26. The third-order valence-electron chi connectivity index (χ3n) is 5.86. The van der Waals surface area contributed by atoms with Gasteiger partial charge < -0.3 is 5.32 Å². The highest BCUT2D eigenvalue weighted by Crippen LogP contribution is 2.27. The number of nitrogens with one attached hydrogen (secondary N) is 2. The number of hydrogen-bond donors (Lipinski definition) is 2. The van der Waals surface area contributed by atoms with Crippen molar-refractivity contribution in [2.45, 2.75) is 44.6 Å². The van der Waals surface area contributed by atoms with Crippen LogP contribution in [0, 0.1) is 0 Å². The first-order chi connectivity index (χ1) is 14.6. The lowest BCUT2D eigenvalue weighted by Crippen LogP contribution is -2.39. The smallest absolute Gasteiger partial charge is 0.255 e. The minimum absolute atomic E-state index is 0.181. The minimum Gasteiger partial charge on any atom is -0.322 e. The second-order valence-corrected chi connectivity index (χ2v) is 8.12. The molecule has 2 aliphatic rings. The molecule has 2 heterocycles. The van der Waals surface area contributed by atoms with Gasteiger partial charge >= 0.3 is 0 Å². The molecule has 1 unspecified atom stereocenters. The van der Waals surface area contributed by atoms with Crippen molar-refractivity contribution in [3.8, 4) is 0 Å². The van der Waals surface area contributed by atoms with Gasteiger partial charge in [0, 0.05) is 24.2 Å². The zero-order valence-corrected chi connectivity index (χ0v) is 17.0. The van der Waals surface area contributed by atoms with E-state index in [9.17, 15) is 14.4 Å². The second kappa shape index (κ2) is 9.22. The maximum atomic E-state index is 12.7. The molecule has 2 aliphatic heterocycles. The summed E-state index contributed by atoms with van der Waals surface area (Å²) in [6, 6.07) is 15.0. The Labute approximate surface area is 176 Å². The lowest BCUT2D eigenvalue weighted by molar-refractivity contribution is -0.134. The van der Waals surface area contributed by atoms with Gasteiger partial charge in [-0.15, -0.1) is 0 Å². The quantitative estimate of drug-likeness (QED) is 0.747. The van der Waals surface area contributed by atoms with E-state index in [1.165, 1.54) is 24.8 Å². The van der Waals surface area contributed by atoms with Gasteiger partial charge in [-0.05, 0) is 67.7 Å². The van der Waals surface area contributed by atoms with E-state index in [0.717, 1.165) is 25.2 Å². The number of amides is 3. The van der Waals surface area contributed by atoms with Gasteiger partial charge in [-0.2, -0.15) is 0 Å². The summed E-state index contributed by atoms with van der Waals surface area (Å²) in [6.07, 6.45) is 4.66. The summed E-state index contributed by atoms with van der Waals surface area (Å²) in [6.45, 7) is 3.22. The number of likely N-dealkylation sites (tertiary alicyclic amines) is 1. The van der Waals surface area contributed by atoms with E-state index in [0.29, 0.717) is 24.1 Å². The fourth-order valence-electron chi connectivity index (χ4n) is 4.19. The largest absolute Gasteiger partial charge is 0.322 e. The number of piperidine rings is 2. The van der Waals surface area contributed by atoms with Crippen molar-refractivity contribution < 1.29 is 14.4 Å². The molecule has 0 spiro atoms. The Balaban J connectivity index is 1.39. The van der Waals surface area contributed by atoms with Crippen molar-refractivity contribution in [3.63, 3.8) is 0 Å². The molecule has 2 fully saturated rings. The summed E-state index contributed by atoms with van der Waals surface area (Å²) < 4.78 is 0. The molecule has 3 amide bonds. The highest BCUT2D eigenvalue weighted by molar-refractivity contribution is 6.04. The van der Waals surface area contributed by atoms with Crippen LogP contribution in [-0.2, 0) is 16.1 Å². The monoisotopic (exact) mass is 405 g/mol. The first kappa shape index (κ1) is 20.3. The van der Waals surface area contributed by atoms with Crippen LogP contribution < -0.4 is 10.6 Å². The Hall–Kier alpha value is -2.99. The molecule has 2 aromatic rings. The second-order valence-electron chi connectivity index (χ2n) is 8.12. The van der Waals surface area contributed by atoms with Gasteiger partial charge in [-0.25, -0.2) is 0 Å². The zero-order valence-electron chi connectivity index (χ0n) is 17.0. The molecular formula is C24H27N3O3. The van der Waals surface area contributed by atoms with Crippen molar-refractivity contribution in [2.75, 3.05) is 18.4 Å². The van der Waals surface area contributed by atoms with Gasteiger partial charge in [0.15, 0.2) is 0 Å². The first-order valence-electron chi connectivity index (χ1n) is 10.6. The molecule has 2 N–H and O–H groups in total. The third-order valence-corrected chi connectivity index (χ3v) is 5.86. The average Bonchev–Trinajstić information content (AvgIpc) is 2.75. The standard InChI is InChI=1S/C24H27N3O3/c28-22-12-11-21(24(30)26-22)19-5-4-6-20(15-19)25-23(29)18-9-7-17(8-10-18)16-27-13-2-1-3-14-27/h4-10,15,21H,1-3,11-14,16H2,(H,25,29)(H,26,28,30). The van der Waals surface area contributed by atoms with Crippen LogP contribution in [-0.4, -0.2) is 35.7 Å². The molecule has 0 bridgehead atoms. The molecular weight excluding hydrogens is 378 g/mol. The van der Waals surface area contributed by atoms with Crippen LogP contribution in [0.5, 0.6) is 0 Å². The Kier molecular flexibility index (Phi) is 6.23. The Morgan fingerprint density at radius 2 is 1.80 bits per heavy atom. The molecule has 0 aromatic heterocycles. The molecule has 4 rings (SSSR count).